The summed E-state index contributed by atoms with van der Waals surface area (Å²) in [5.74, 6) is 0. The van der Waals surface area contributed by atoms with Crippen LogP contribution in [0.5, 0.6) is 0 Å². The highest BCUT2D eigenvalue weighted by Crippen LogP contribution is 2.49. The topological polar surface area (TPSA) is 74.6 Å². The highest BCUT2D eigenvalue weighted by molar-refractivity contribution is 7.56. The Balaban J connectivity index is 3.79. The minimum absolute atomic E-state index is 1.11. The van der Waals surface area contributed by atoms with Crippen LogP contribution in [0, 0.1) is 0 Å². The van der Waals surface area contributed by atoms with E-state index in [2.05, 4.69) is 0 Å². The third-order valence-corrected chi connectivity index (χ3v) is 2.55. The van der Waals surface area contributed by atoms with E-state index in [1.807, 2.05) is 0 Å². The van der Waals surface area contributed by atoms with Gasteiger partial charge in [0.05, 0.1) is 12.3 Å². The Morgan fingerprint density at radius 3 is 1.30 bits per heavy atom. The molecule has 0 aromatic heterocycles. The monoisotopic (exact) mass is 194 g/mol. The minimum Gasteiger partial charge on any atom is -0.321 e. The van der Waals surface area contributed by atoms with Crippen LogP contribution in [0.3, 0.4) is 0 Å². The van der Waals surface area contributed by atoms with Gasteiger partial charge in [0.2, 0.25) is 0 Å². The molecule has 0 heterocycles. The summed E-state index contributed by atoms with van der Waals surface area (Å²) in [6, 6.07) is 0. The van der Waals surface area contributed by atoms with Gasteiger partial charge in [-0.15, -0.1) is 0 Å². The van der Waals surface area contributed by atoms with Gasteiger partial charge in [-0.05, 0) is 0 Å². The summed E-state index contributed by atoms with van der Waals surface area (Å²) in [5.41, 5.74) is 0. The van der Waals surface area contributed by atoms with Gasteiger partial charge in [0.15, 0.2) is 0 Å². The number of halogens is 2. The lowest BCUT2D eigenvalue weighted by molar-refractivity contribution is 0.417. The van der Waals surface area contributed by atoms with Crippen molar-refractivity contribution in [2.75, 3.05) is 12.3 Å². The molecule has 0 bridgehead atoms. The lowest BCUT2D eigenvalue weighted by Crippen LogP contribution is -1.90. The van der Waals surface area contributed by atoms with Gasteiger partial charge in [-0.3, -0.25) is 9.13 Å². The predicted molar refractivity (Wildman–Crippen MR) is 31.6 cm³/mol. The summed E-state index contributed by atoms with van der Waals surface area (Å²) >= 11 is 0. The summed E-state index contributed by atoms with van der Waals surface area (Å²) < 4.78 is 42.8. The van der Waals surface area contributed by atoms with Crippen molar-refractivity contribution in [3.05, 3.63) is 0 Å². The zero-order valence-corrected chi connectivity index (χ0v) is 6.56. The molecule has 0 fully saturated rings. The molecule has 8 heteroatoms. The molecule has 2 atom stereocenters. The zero-order chi connectivity index (χ0) is 8.41. The van der Waals surface area contributed by atoms with Crippen LogP contribution in [-0.4, -0.2) is 22.1 Å². The summed E-state index contributed by atoms with van der Waals surface area (Å²) in [6.45, 7) is 0. The van der Waals surface area contributed by atoms with E-state index in [-0.39, 0.29) is 0 Å². The normalized spacial score (nSPS) is 23.2. The molecule has 2 N–H and O–H groups in total. The maximum absolute atomic E-state index is 11.6. The van der Waals surface area contributed by atoms with E-state index in [1.165, 1.54) is 0 Å². The lowest BCUT2D eigenvalue weighted by atomic mass is 11.0. The van der Waals surface area contributed by atoms with Crippen LogP contribution in [0.15, 0.2) is 0 Å². The van der Waals surface area contributed by atoms with Crippen LogP contribution >= 0.6 is 15.4 Å². The number of rotatable bonds is 3. The Hall–Kier alpha value is 0.240. The maximum atomic E-state index is 11.6. The third kappa shape index (κ3) is 8.24. The Bertz CT molecular complexity index is 169. The number of hydrogen-bond acceptors (Lipinski definition) is 2. The average Bonchev–Trinajstić information content (AvgIpc) is 1.57. The number of hydrogen-bond donors (Lipinski definition) is 2. The second-order valence-electron chi connectivity index (χ2n) is 1.68. The molecule has 0 radical (unpaired) electrons. The van der Waals surface area contributed by atoms with Gasteiger partial charge in [0, 0.05) is 0 Å². The van der Waals surface area contributed by atoms with Gasteiger partial charge in [-0.25, -0.2) is 0 Å². The van der Waals surface area contributed by atoms with Crippen LogP contribution in [0.4, 0.5) is 8.39 Å². The second-order valence-corrected chi connectivity index (χ2v) is 5.04. The quantitative estimate of drug-likeness (QED) is 0.663. The minimum atomic E-state index is -4.83. The molecule has 2 unspecified atom stereocenters. The Labute approximate surface area is 56.0 Å². The first kappa shape index (κ1) is 10.2. The van der Waals surface area contributed by atoms with Crippen LogP contribution in [0.25, 0.3) is 0 Å². The summed E-state index contributed by atoms with van der Waals surface area (Å²) in [6.07, 6.45) is -2.23. The fraction of sp³-hybridized carbons (Fsp3) is 1.00. The van der Waals surface area contributed by atoms with E-state index in [0.717, 1.165) is 0 Å². The first-order chi connectivity index (χ1) is 4.21. The molecule has 0 aromatic carbocycles. The molecule has 0 rings (SSSR count). The van der Waals surface area contributed by atoms with Crippen molar-refractivity contribution in [2.45, 2.75) is 0 Å². The predicted octanol–water partition coefficient (Wildman–Crippen LogP) is 1.30. The molecular formula is C2H6F2O4P2. The Morgan fingerprint density at radius 1 is 1.00 bits per heavy atom. The highest BCUT2D eigenvalue weighted by Gasteiger charge is 2.24. The fourth-order valence-electron chi connectivity index (χ4n) is 0.247. The van der Waals surface area contributed by atoms with Crippen molar-refractivity contribution < 1.29 is 27.3 Å². The first-order valence-electron chi connectivity index (χ1n) is 2.24. The Kier molecular flexibility index (Phi) is 3.17. The van der Waals surface area contributed by atoms with Gasteiger partial charge in [0.1, 0.15) is 0 Å². The molecule has 0 aliphatic carbocycles. The van der Waals surface area contributed by atoms with Crippen LogP contribution in [-0.2, 0) is 9.13 Å². The third-order valence-electron chi connectivity index (χ3n) is 0.652. The zero-order valence-electron chi connectivity index (χ0n) is 4.78. The van der Waals surface area contributed by atoms with Crippen molar-refractivity contribution in [1.82, 2.24) is 0 Å². The maximum Gasteiger partial charge on any atom is 0.365 e. The van der Waals surface area contributed by atoms with Crippen molar-refractivity contribution in [3.63, 3.8) is 0 Å². The molecule has 62 valence electrons. The van der Waals surface area contributed by atoms with E-state index in [0.29, 0.717) is 0 Å². The van der Waals surface area contributed by atoms with E-state index in [1.54, 1.807) is 0 Å². The van der Waals surface area contributed by atoms with E-state index in [4.69, 9.17) is 9.79 Å². The van der Waals surface area contributed by atoms with E-state index < -0.39 is 27.7 Å². The molecular weight excluding hydrogens is 188 g/mol. The van der Waals surface area contributed by atoms with E-state index in [9.17, 15) is 17.5 Å². The summed E-state index contributed by atoms with van der Waals surface area (Å²) in [7, 11) is -9.67. The average molecular weight is 194 g/mol. The largest absolute Gasteiger partial charge is 0.365 e. The van der Waals surface area contributed by atoms with Crippen molar-refractivity contribution in [3.8, 4) is 0 Å². The summed E-state index contributed by atoms with van der Waals surface area (Å²) in [4.78, 5) is 15.7. The van der Waals surface area contributed by atoms with Crippen LogP contribution in [0.1, 0.15) is 0 Å². The first-order valence-corrected chi connectivity index (χ1v) is 5.71. The lowest BCUT2D eigenvalue weighted by Gasteiger charge is -2.00. The standard InChI is InChI=1S/C2H6F2O4P2/c3-9(5,6)1-2-10(4,7)8/h1-2H2,(H,5,6)(H,7,8). The van der Waals surface area contributed by atoms with Gasteiger partial charge < -0.3 is 9.79 Å². The van der Waals surface area contributed by atoms with Gasteiger partial charge in [-0.1, -0.05) is 0 Å². The Morgan fingerprint density at radius 2 is 1.20 bits per heavy atom. The van der Waals surface area contributed by atoms with Crippen molar-refractivity contribution >= 4 is 15.4 Å². The molecule has 0 saturated heterocycles. The molecule has 10 heavy (non-hydrogen) atoms. The molecule has 0 amide bonds. The van der Waals surface area contributed by atoms with Gasteiger partial charge in [0.25, 0.3) is 0 Å². The molecule has 0 saturated carbocycles. The van der Waals surface area contributed by atoms with Gasteiger partial charge in [-0.2, -0.15) is 8.39 Å². The van der Waals surface area contributed by atoms with Crippen LogP contribution in [0.2, 0.25) is 0 Å². The SMILES string of the molecule is O=P(O)(F)CCP(=O)(O)F. The van der Waals surface area contributed by atoms with Crippen LogP contribution < -0.4 is 0 Å². The molecule has 4 nitrogen and oxygen atoms in total. The highest BCUT2D eigenvalue weighted by atomic mass is 31.2. The summed E-state index contributed by atoms with van der Waals surface area (Å²) in [5, 5.41) is 0. The van der Waals surface area contributed by atoms with E-state index >= 15 is 0 Å². The molecule has 0 aromatic rings. The molecule has 0 aliphatic rings. The van der Waals surface area contributed by atoms with Crippen molar-refractivity contribution in [1.29, 1.82) is 0 Å². The van der Waals surface area contributed by atoms with Gasteiger partial charge >= 0.3 is 15.4 Å². The fourth-order valence-corrected chi connectivity index (χ4v) is 2.22. The van der Waals surface area contributed by atoms with Crippen molar-refractivity contribution in [2.24, 2.45) is 0 Å². The molecule has 0 spiro atoms. The second kappa shape index (κ2) is 3.09. The smallest absolute Gasteiger partial charge is 0.321 e. The molecule has 0 aliphatic heterocycles.